The molecule has 1 atom stereocenters. The second-order valence-electron chi connectivity index (χ2n) is 7.89. The number of thiocarbonyl (C=S) groups is 1. The first-order valence-corrected chi connectivity index (χ1v) is 11.7. The van der Waals surface area contributed by atoms with Gasteiger partial charge in [-0.05, 0) is 67.0 Å². The van der Waals surface area contributed by atoms with Gasteiger partial charge in [0.25, 0.3) is 5.91 Å². The minimum atomic E-state index is -0.660. The Morgan fingerprint density at radius 3 is 2.39 bits per heavy atom. The molecule has 1 amide bonds. The Bertz CT molecular complexity index is 1080. The van der Waals surface area contributed by atoms with E-state index in [-0.39, 0.29) is 5.91 Å². The summed E-state index contributed by atoms with van der Waals surface area (Å²) in [6, 6.07) is 16.0. The Morgan fingerprint density at radius 1 is 1.00 bits per heavy atom. The smallest absolute Gasteiger partial charge is 0.251 e. The molecule has 2 aromatic rings. The molecular formula is C25H26ClN5OS. The molecule has 0 spiro atoms. The van der Waals surface area contributed by atoms with E-state index in [1.807, 2.05) is 60.7 Å². The zero-order valence-electron chi connectivity index (χ0n) is 18.1. The lowest BCUT2D eigenvalue weighted by Crippen LogP contribution is -2.41. The summed E-state index contributed by atoms with van der Waals surface area (Å²) in [6.07, 6.45) is 8.91. The third-order valence-electron chi connectivity index (χ3n) is 5.38. The number of carbonyl (C=O) groups is 1. The van der Waals surface area contributed by atoms with E-state index in [4.69, 9.17) is 23.8 Å². The molecule has 4 rings (SSSR count). The standard InChI is InChI=1S/C25H26ClN5OS/c26-19-8-10-21(11-9-19)28-25(33)29-23(18-6-2-1-3-7-18)24(32)27-20-12-14-22(15-13-20)30-31-16-4-5-17-31/h1-3,6-14,23H,4-5,15-17H2,(H,27,32)(H2,28,29,33)/t23-/m0/s1. The SMILES string of the molecule is O=C(NC1=CCC(=NN2CCCC2)C=C1)[C@@H](NC(=S)Nc1ccc(Cl)cc1)c1ccccc1. The highest BCUT2D eigenvalue weighted by Gasteiger charge is 2.22. The highest BCUT2D eigenvalue weighted by Crippen LogP contribution is 2.17. The molecule has 1 heterocycles. The summed E-state index contributed by atoms with van der Waals surface area (Å²) < 4.78 is 0. The number of rotatable bonds is 6. The lowest BCUT2D eigenvalue weighted by molar-refractivity contribution is -0.122. The van der Waals surface area contributed by atoms with Crippen LogP contribution in [-0.2, 0) is 4.79 Å². The maximum Gasteiger partial charge on any atom is 0.251 e. The molecule has 2 aliphatic rings. The zero-order valence-corrected chi connectivity index (χ0v) is 19.7. The fraction of sp³-hybridized carbons (Fsp3) is 0.240. The van der Waals surface area contributed by atoms with Crippen molar-refractivity contribution in [3.63, 3.8) is 0 Å². The summed E-state index contributed by atoms with van der Waals surface area (Å²) in [5.74, 6) is -0.197. The van der Waals surface area contributed by atoms with Gasteiger partial charge in [-0.1, -0.05) is 48.0 Å². The topological polar surface area (TPSA) is 68.8 Å². The van der Waals surface area contributed by atoms with Gasteiger partial charge in [-0.3, -0.25) is 9.80 Å². The molecule has 1 aliphatic carbocycles. The zero-order chi connectivity index (χ0) is 23.0. The van der Waals surface area contributed by atoms with Gasteiger partial charge in [-0.15, -0.1) is 0 Å². The van der Waals surface area contributed by atoms with Crippen molar-refractivity contribution in [3.8, 4) is 0 Å². The lowest BCUT2D eigenvalue weighted by atomic mass is 10.1. The number of hydrogen-bond acceptors (Lipinski definition) is 4. The molecule has 33 heavy (non-hydrogen) atoms. The van der Waals surface area contributed by atoms with Crippen LogP contribution in [0.3, 0.4) is 0 Å². The molecule has 0 bridgehead atoms. The van der Waals surface area contributed by atoms with Crippen molar-refractivity contribution in [1.82, 2.24) is 15.6 Å². The number of benzene rings is 2. The van der Waals surface area contributed by atoms with Crippen LogP contribution < -0.4 is 16.0 Å². The Labute approximate surface area is 204 Å². The number of halogens is 1. The molecule has 0 radical (unpaired) electrons. The normalized spacial score (nSPS) is 17.4. The summed E-state index contributed by atoms with van der Waals surface area (Å²) in [6.45, 7) is 2.03. The van der Waals surface area contributed by atoms with E-state index in [0.29, 0.717) is 16.6 Å². The number of anilines is 1. The number of hydrogen-bond donors (Lipinski definition) is 3. The van der Waals surface area contributed by atoms with Crippen LogP contribution in [0.25, 0.3) is 0 Å². The molecule has 170 valence electrons. The summed E-state index contributed by atoms with van der Waals surface area (Å²) >= 11 is 11.4. The summed E-state index contributed by atoms with van der Waals surface area (Å²) in [5.41, 5.74) is 3.35. The van der Waals surface area contributed by atoms with E-state index < -0.39 is 6.04 Å². The largest absolute Gasteiger partial charge is 0.347 e. The van der Waals surface area contributed by atoms with Gasteiger partial charge in [-0.2, -0.15) is 5.10 Å². The van der Waals surface area contributed by atoms with Crippen molar-refractivity contribution >= 4 is 46.2 Å². The van der Waals surface area contributed by atoms with E-state index in [1.54, 1.807) is 12.1 Å². The molecule has 1 fully saturated rings. The minimum Gasteiger partial charge on any atom is -0.347 e. The Hall–Kier alpha value is -3.16. The van der Waals surface area contributed by atoms with Crippen molar-refractivity contribution in [3.05, 3.63) is 89.1 Å². The molecular weight excluding hydrogens is 454 g/mol. The van der Waals surface area contributed by atoms with Crippen LogP contribution in [0.15, 0.2) is 83.6 Å². The van der Waals surface area contributed by atoms with E-state index >= 15 is 0 Å². The van der Waals surface area contributed by atoms with E-state index in [0.717, 1.165) is 35.7 Å². The summed E-state index contributed by atoms with van der Waals surface area (Å²) in [4.78, 5) is 13.2. The van der Waals surface area contributed by atoms with Crippen LogP contribution in [0, 0.1) is 0 Å². The average molecular weight is 480 g/mol. The third-order valence-corrected chi connectivity index (χ3v) is 5.85. The number of amides is 1. The number of hydrazone groups is 1. The highest BCUT2D eigenvalue weighted by molar-refractivity contribution is 7.80. The first-order valence-electron chi connectivity index (χ1n) is 11.0. The highest BCUT2D eigenvalue weighted by atomic mass is 35.5. The van der Waals surface area contributed by atoms with Crippen LogP contribution in [0.5, 0.6) is 0 Å². The molecule has 0 aromatic heterocycles. The Morgan fingerprint density at radius 2 is 1.73 bits per heavy atom. The monoisotopic (exact) mass is 479 g/mol. The maximum absolute atomic E-state index is 13.2. The van der Waals surface area contributed by atoms with E-state index in [2.05, 4.69) is 26.1 Å². The third kappa shape index (κ3) is 6.66. The quantitative estimate of drug-likeness (QED) is 0.520. The van der Waals surface area contributed by atoms with Gasteiger partial charge >= 0.3 is 0 Å². The fourth-order valence-corrected chi connectivity index (χ4v) is 4.04. The number of nitrogens with zero attached hydrogens (tertiary/aromatic N) is 2. The Kier molecular flexibility index (Phi) is 7.75. The molecule has 1 aliphatic heterocycles. The predicted octanol–water partition coefficient (Wildman–Crippen LogP) is 4.78. The van der Waals surface area contributed by atoms with E-state index in [9.17, 15) is 4.79 Å². The molecule has 8 heteroatoms. The molecule has 3 N–H and O–H groups in total. The molecule has 0 saturated carbocycles. The fourth-order valence-electron chi connectivity index (χ4n) is 3.68. The van der Waals surface area contributed by atoms with Crippen molar-refractivity contribution in [2.24, 2.45) is 5.10 Å². The number of carbonyl (C=O) groups excluding carboxylic acids is 1. The second kappa shape index (κ2) is 11.1. The average Bonchev–Trinajstić information content (AvgIpc) is 3.34. The van der Waals surface area contributed by atoms with Gasteiger partial charge in [0.15, 0.2) is 5.11 Å². The van der Waals surface area contributed by atoms with Crippen molar-refractivity contribution in [2.75, 3.05) is 18.4 Å². The van der Waals surface area contributed by atoms with Gasteiger partial charge in [0.1, 0.15) is 6.04 Å². The molecule has 6 nitrogen and oxygen atoms in total. The molecule has 2 aromatic carbocycles. The minimum absolute atomic E-state index is 0.197. The van der Waals surface area contributed by atoms with Gasteiger partial charge in [0, 0.05) is 35.9 Å². The van der Waals surface area contributed by atoms with Crippen LogP contribution in [0.1, 0.15) is 30.9 Å². The van der Waals surface area contributed by atoms with Gasteiger partial charge in [0.05, 0.1) is 5.71 Å². The van der Waals surface area contributed by atoms with Gasteiger partial charge in [-0.25, -0.2) is 0 Å². The summed E-state index contributed by atoms with van der Waals surface area (Å²) in [5, 5.41) is 17.0. The maximum atomic E-state index is 13.2. The van der Waals surface area contributed by atoms with E-state index in [1.165, 1.54) is 12.8 Å². The van der Waals surface area contributed by atoms with Crippen molar-refractivity contribution < 1.29 is 4.79 Å². The molecule has 0 unspecified atom stereocenters. The molecule has 1 saturated heterocycles. The van der Waals surface area contributed by atoms with Crippen molar-refractivity contribution in [1.29, 1.82) is 0 Å². The first kappa shape index (κ1) is 23.0. The van der Waals surface area contributed by atoms with Gasteiger partial charge < -0.3 is 16.0 Å². The lowest BCUT2D eigenvalue weighted by Gasteiger charge is -2.22. The van der Waals surface area contributed by atoms with Crippen LogP contribution in [0.4, 0.5) is 5.69 Å². The number of allylic oxidation sites excluding steroid dienone is 3. The van der Waals surface area contributed by atoms with Crippen molar-refractivity contribution in [2.45, 2.75) is 25.3 Å². The number of nitrogens with one attached hydrogen (secondary N) is 3. The summed E-state index contributed by atoms with van der Waals surface area (Å²) in [7, 11) is 0. The van der Waals surface area contributed by atoms with Crippen LogP contribution in [-0.4, -0.2) is 34.8 Å². The predicted molar refractivity (Wildman–Crippen MR) is 138 cm³/mol. The Balaban J connectivity index is 1.41. The van der Waals surface area contributed by atoms with Crippen LogP contribution in [0.2, 0.25) is 5.02 Å². The van der Waals surface area contributed by atoms with Crippen LogP contribution >= 0.6 is 23.8 Å². The van der Waals surface area contributed by atoms with Gasteiger partial charge in [0.2, 0.25) is 0 Å². The second-order valence-corrected chi connectivity index (χ2v) is 8.73. The first-order chi connectivity index (χ1) is 16.1.